The minimum absolute atomic E-state index is 0.000594. The lowest BCUT2D eigenvalue weighted by Crippen LogP contribution is -2.54. The zero-order valence-corrected chi connectivity index (χ0v) is 34.0. The minimum atomic E-state index is -2.29. The number of rotatable bonds is 11. The van der Waals surface area contributed by atoms with E-state index in [9.17, 15) is 5.11 Å². The number of hydrogen-bond acceptors (Lipinski definition) is 9. The van der Waals surface area contributed by atoms with Gasteiger partial charge in [0.15, 0.2) is 36.8 Å². The second-order valence-electron chi connectivity index (χ2n) is 16.9. The molecule has 0 saturated carbocycles. The van der Waals surface area contributed by atoms with Crippen LogP contribution in [0.25, 0.3) is 11.2 Å². The molecule has 3 rings (SSSR count). The quantitative estimate of drug-likeness (QED) is 0.188. The fraction of sp³-hybridized carbons (Fsp3) is 0.839. The van der Waals surface area contributed by atoms with Crippen molar-refractivity contribution < 1.29 is 23.1 Å². The van der Waals surface area contributed by atoms with Crippen LogP contribution in [-0.4, -0.2) is 86.2 Å². The SMILES string of the molecule is CSC(O)Cc1ncnc2c1ncn2[C@@H]1O[C@H](CO[Si](C)(C)C(C)(C)C)[C@@H](O[Si](C)(C)C(C)(C)C)[C@H]1O[Si](C)(C)C(C)(C)C. The van der Waals surface area contributed by atoms with Gasteiger partial charge in [0.05, 0.1) is 18.6 Å². The number of ether oxygens (including phenoxy) is 1. The summed E-state index contributed by atoms with van der Waals surface area (Å²) in [5.41, 5.74) is 1.46. The van der Waals surface area contributed by atoms with Gasteiger partial charge in [-0.15, -0.1) is 11.8 Å². The molecule has 1 aliphatic heterocycles. The zero-order valence-electron chi connectivity index (χ0n) is 30.2. The summed E-state index contributed by atoms with van der Waals surface area (Å²) in [5.74, 6) is 0. The average Bonchev–Trinajstić information content (AvgIpc) is 3.42. The normalized spacial score (nSPS) is 23.5. The Bertz CT molecular complexity index is 1270. The van der Waals surface area contributed by atoms with Gasteiger partial charge in [-0.25, -0.2) is 15.0 Å². The Kier molecular flexibility index (Phi) is 11.3. The Hall–Kier alpha value is -0.649. The summed E-state index contributed by atoms with van der Waals surface area (Å²) in [6, 6.07) is 0. The van der Waals surface area contributed by atoms with Gasteiger partial charge < -0.3 is 23.1 Å². The molecule has 44 heavy (non-hydrogen) atoms. The molecular weight excluding hydrogens is 625 g/mol. The molecule has 3 heterocycles. The summed E-state index contributed by atoms with van der Waals surface area (Å²) < 4.78 is 30.4. The second-order valence-corrected chi connectivity index (χ2v) is 32.2. The topological polar surface area (TPSA) is 101 Å². The van der Waals surface area contributed by atoms with Crippen LogP contribution in [-0.2, 0) is 24.4 Å². The van der Waals surface area contributed by atoms with E-state index in [0.717, 1.165) is 0 Å². The van der Waals surface area contributed by atoms with Crippen LogP contribution in [0, 0.1) is 0 Å². The molecule has 0 radical (unpaired) electrons. The molecule has 0 bridgehead atoms. The maximum atomic E-state index is 10.4. The first-order chi connectivity index (χ1) is 19.8. The maximum absolute atomic E-state index is 10.4. The van der Waals surface area contributed by atoms with Crippen molar-refractivity contribution in [2.45, 2.75) is 153 Å². The number of imidazole rings is 1. The van der Waals surface area contributed by atoms with Gasteiger partial charge in [-0.1, -0.05) is 62.3 Å². The minimum Gasteiger partial charge on any atom is -0.414 e. The van der Waals surface area contributed by atoms with Crippen LogP contribution in [0.5, 0.6) is 0 Å². The predicted molar refractivity (Wildman–Crippen MR) is 190 cm³/mol. The molecule has 1 aliphatic rings. The first-order valence-corrected chi connectivity index (χ1v) is 25.9. The van der Waals surface area contributed by atoms with E-state index in [2.05, 4.69) is 112 Å². The smallest absolute Gasteiger partial charge is 0.192 e. The third kappa shape index (κ3) is 8.07. The Labute approximate surface area is 274 Å². The Balaban J connectivity index is 2.17. The van der Waals surface area contributed by atoms with Crippen LogP contribution in [0.4, 0.5) is 0 Å². The molecule has 0 aromatic carbocycles. The van der Waals surface area contributed by atoms with Crippen LogP contribution < -0.4 is 0 Å². The van der Waals surface area contributed by atoms with E-state index < -0.39 is 42.7 Å². The van der Waals surface area contributed by atoms with Crippen LogP contribution >= 0.6 is 11.8 Å². The van der Waals surface area contributed by atoms with Crippen molar-refractivity contribution in [3.63, 3.8) is 0 Å². The van der Waals surface area contributed by atoms with E-state index in [1.807, 2.05) is 10.8 Å². The monoisotopic (exact) mass is 684 g/mol. The van der Waals surface area contributed by atoms with Gasteiger partial charge >= 0.3 is 0 Å². The van der Waals surface area contributed by atoms with Gasteiger partial charge in [0.2, 0.25) is 0 Å². The molecular formula is C31H60N4O5SSi3. The number of aliphatic hydroxyl groups is 1. The zero-order chi connectivity index (χ0) is 33.7. The first kappa shape index (κ1) is 37.8. The van der Waals surface area contributed by atoms with Crippen molar-refractivity contribution in [3.05, 3.63) is 18.3 Å². The van der Waals surface area contributed by atoms with Crippen molar-refractivity contribution in [3.8, 4) is 0 Å². The molecule has 0 spiro atoms. The lowest BCUT2D eigenvalue weighted by molar-refractivity contribution is -0.0470. The van der Waals surface area contributed by atoms with Crippen molar-refractivity contribution in [2.24, 2.45) is 0 Å². The van der Waals surface area contributed by atoms with Crippen LogP contribution in [0.1, 0.15) is 74.2 Å². The molecule has 1 unspecified atom stereocenters. The molecule has 13 heteroatoms. The highest BCUT2D eigenvalue weighted by atomic mass is 32.2. The first-order valence-electron chi connectivity index (χ1n) is 15.9. The summed E-state index contributed by atoms with van der Waals surface area (Å²) in [6.45, 7) is 34.5. The van der Waals surface area contributed by atoms with E-state index in [1.54, 1.807) is 12.7 Å². The molecule has 0 aliphatic carbocycles. The van der Waals surface area contributed by atoms with E-state index in [1.165, 1.54) is 11.8 Å². The second kappa shape index (κ2) is 13.1. The van der Waals surface area contributed by atoms with Gasteiger partial charge in [-0.3, -0.25) is 4.57 Å². The molecule has 0 amide bonds. The largest absolute Gasteiger partial charge is 0.414 e. The summed E-state index contributed by atoms with van der Waals surface area (Å²) in [5, 5.41) is 10.4. The molecule has 1 saturated heterocycles. The number of hydrogen-bond donors (Lipinski definition) is 1. The molecule has 2 aromatic rings. The molecule has 2 aromatic heterocycles. The maximum Gasteiger partial charge on any atom is 0.192 e. The number of nitrogens with zero attached hydrogens (tertiary/aromatic N) is 4. The van der Waals surface area contributed by atoms with Crippen LogP contribution in [0.2, 0.25) is 54.4 Å². The van der Waals surface area contributed by atoms with Crippen molar-refractivity contribution in [2.75, 3.05) is 12.9 Å². The van der Waals surface area contributed by atoms with E-state index >= 15 is 0 Å². The third-order valence-electron chi connectivity index (χ3n) is 10.5. The van der Waals surface area contributed by atoms with Gasteiger partial charge in [0.25, 0.3) is 0 Å². The predicted octanol–water partition coefficient (Wildman–Crippen LogP) is 7.75. The average molecular weight is 685 g/mol. The Morgan fingerprint density at radius 1 is 0.841 bits per heavy atom. The summed E-state index contributed by atoms with van der Waals surface area (Å²) in [4.78, 5) is 13.9. The van der Waals surface area contributed by atoms with E-state index in [-0.39, 0.29) is 27.3 Å². The van der Waals surface area contributed by atoms with Crippen molar-refractivity contribution in [1.29, 1.82) is 0 Å². The number of fused-ring (bicyclic) bond motifs is 1. The highest BCUT2D eigenvalue weighted by Crippen LogP contribution is 2.47. The number of thioether (sulfide) groups is 1. The Morgan fingerprint density at radius 2 is 1.36 bits per heavy atom. The molecule has 1 fully saturated rings. The molecule has 252 valence electrons. The van der Waals surface area contributed by atoms with Gasteiger partial charge in [-0.2, -0.15) is 0 Å². The third-order valence-corrected chi connectivity index (χ3v) is 24.7. The molecule has 1 N–H and O–H groups in total. The van der Waals surface area contributed by atoms with Gasteiger partial charge in [-0.05, 0) is 60.7 Å². The summed E-state index contributed by atoms with van der Waals surface area (Å²) >= 11 is 1.38. The van der Waals surface area contributed by atoms with Crippen LogP contribution in [0.3, 0.4) is 0 Å². The van der Waals surface area contributed by atoms with Crippen molar-refractivity contribution in [1.82, 2.24) is 19.5 Å². The standard InChI is InChI=1S/C31H60N4O5SSi3/c1-29(2,3)42(11,12)37-18-22-25(39-43(13,14)30(4,5)6)26(40-44(15,16)31(7,8)9)28(38-22)35-20-34-24-21(17-23(36)41-10)32-19-33-27(24)35/h19-20,22-23,25-26,28,36H,17-18H2,1-16H3/t22-,23?,25-,26-,28-/m1/s1. The molecule has 9 nitrogen and oxygen atoms in total. The lowest BCUT2D eigenvalue weighted by Gasteiger charge is -2.44. The van der Waals surface area contributed by atoms with Crippen molar-refractivity contribution >= 4 is 47.9 Å². The van der Waals surface area contributed by atoms with Gasteiger partial charge in [0, 0.05) is 6.42 Å². The fourth-order valence-electron chi connectivity index (χ4n) is 4.36. The highest BCUT2D eigenvalue weighted by Gasteiger charge is 2.55. The van der Waals surface area contributed by atoms with Crippen LogP contribution in [0.15, 0.2) is 12.7 Å². The van der Waals surface area contributed by atoms with E-state index in [4.69, 9.17) is 23.0 Å². The highest BCUT2D eigenvalue weighted by molar-refractivity contribution is 7.99. The molecule has 5 atom stereocenters. The Morgan fingerprint density at radius 3 is 1.86 bits per heavy atom. The number of aromatic nitrogens is 4. The number of aliphatic hydroxyl groups excluding tert-OH is 1. The van der Waals surface area contributed by atoms with Gasteiger partial charge in [0.1, 0.15) is 35.6 Å². The fourth-order valence-corrected chi connectivity index (χ4v) is 8.30. The lowest BCUT2D eigenvalue weighted by atomic mass is 10.1. The van der Waals surface area contributed by atoms with E-state index in [0.29, 0.717) is 29.9 Å². The summed E-state index contributed by atoms with van der Waals surface area (Å²) in [7, 11) is -6.62. The summed E-state index contributed by atoms with van der Waals surface area (Å²) in [6.07, 6.45) is 3.99.